The Labute approximate surface area is 69.7 Å². The van der Waals surface area contributed by atoms with Crippen molar-refractivity contribution in [3.05, 3.63) is 11.9 Å². The molecule has 1 amide bonds. The number of aryl methyl sites for hydroxylation is 1. The van der Waals surface area contributed by atoms with Gasteiger partial charge < -0.3 is 11.1 Å². The molecular formula is C6H11N5O. The normalized spacial score (nSPS) is 9.83. The highest BCUT2D eigenvalue weighted by molar-refractivity contribution is 5.91. The van der Waals surface area contributed by atoms with Gasteiger partial charge in [0.05, 0.1) is 6.20 Å². The number of aromatic nitrogens is 3. The van der Waals surface area contributed by atoms with Crippen molar-refractivity contribution >= 4 is 5.91 Å². The maximum absolute atomic E-state index is 11.1. The predicted octanol–water partition coefficient (Wildman–Crippen LogP) is -1.50. The Hall–Kier alpha value is -1.43. The summed E-state index contributed by atoms with van der Waals surface area (Å²) in [5, 5.41) is 9.83. The lowest BCUT2D eigenvalue weighted by Gasteiger charge is -1.97. The highest BCUT2D eigenvalue weighted by atomic mass is 16.2. The van der Waals surface area contributed by atoms with Gasteiger partial charge in [0.2, 0.25) is 0 Å². The van der Waals surface area contributed by atoms with Gasteiger partial charge in [0, 0.05) is 20.1 Å². The molecule has 0 saturated heterocycles. The van der Waals surface area contributed by atoms with Crippen molar-refractivity contribution < 1.29 is 4.79 Å². The summed E-state index contributed by atoms with van der Waals surface area (Å²) in [4.78, 5) is 11.1. The number of amides is 1. The second kappa shape index (κ2) is 3.82. The van der Waals surface area contributed by atoms with Gasteiger partial charge in [-0.05, 0) is 0 Å². The van der Waals surface area contributed by atoms with Crippen LogP contribution < -0.4 is 11.1 Å². The van der Waals surface area contributed by atoms with E-state index in [1.165, 1.54) is 4.68 Å². The fourth-order valence-corrected chi connectivity index (χ4v) is 0.728. The number of carbonyl (C=O) groups is 1. The summed E-state index contributed by atoms with van der Waals surface area (Å²) >= 11 is 0. The molecular weight excluding hydrogens is 158 g/mol. The predicted molar refractivity (Wildman–Crippen MR) is 42.4 cm³/mol. The summed E-state index contributed by atoms with van der Waals surface area (Å²) < 4.78 is 1.47. The zero-order valence-corrected chi connectivity index (χ0v) is 6.82. The van der Waals surface area contributed by atoms with Gasteiger partial charge in [-0.3, -0.25) is 9.48 Å². The Morgan fingerprint density at radius 1 is 1.83 bits per heavy atom. The van der Waals surface area contributed by atoms with Crippen molar-refractivity contribution in [1.82, 2.24) is 20.3 Å². The van der Waals surface area contributed by atoms with E-state index in [1.807, 2.05) is 0 Å². The van der Waals surface area contributed by atoms with Gasteiger partial charge in [-0.25, -0.2) is 0 Å². The van der Waals surface area contributed by atoms with Gasteiger partial charge in [-0.2, -0.15) is 0 Å². The lowest BCUT2D eigenvalue weighted by molar-refractivity contribution is 0.0949. The molecule has 66 valence electrons. The van der Waals surface area contributed by atoms with Crippen molar-refractivity contribution in [2.45, 2.75) is 0 Å². The first kappa shape index (κ1) is 8.66. The largest absolute Gasteiger partial charge is 0.349 e. The van der Waals surface area contributed by atoms with Gasteiger partial charge in [-0.1, -0.05) is 5.21 Å². The van der Waals surface area contributed by atoms with Crippen LogP contribution in [0.25, 0.3) is 0 Å². The van der Waals surface area contributed by atoms with Gasteiger partial charge in [0.1, 0.15) is 0 Å². The lowest BCUT2D eigenvalue weighted by atomic mass is 10.4. The standard InChI is InChI=1S/C6H11N5O/c1-11-4-5(9-10-11)6(12)8-3-2-7/h4H,2-3,7H2,1H3,(H,8,12). The molecule has 0 saturated carbocycles. The van der Waals surface area contributed by atoms with Crippen LogP contribution in [-0.2, 0) is 7.05 Å². The van der Waals surface area contributed by atoms with Crippen LogP contribution in [0.3, 0.4) is 0 Å². The molecule has 0 fully saturated rings. The third-order valence-corrected chi connectivity index (χ3v) is 1.27. The molecule has 6 nitrogen and oxygen atoms in total. The zero-order chi connectivity index (χ0) is 8.97. The summed E-state index contributed by atoms with van der Waals surface area (Å²) in [6.07, 6.45) is 1.55. The molecule has 0 aliphatic heterocycles. The summed E-state index contributed by atoms with van der Waals surface area (Å²) in [6, 6.07) is 0. The van der Waals surface area contributed by atoms with Crippen LogP contribution in [-0.4, -0.2) is 34.0 Å². The van der Waals surface area contributed by atoms with Crippen LogP contribution in [0.15, 0.2) is 6.20 Å². The molecule has 1 heterocycles. The summed E-state index contributed by atoms with van der Waals surface area (Å²) in [5.41, 5.74) is 5.52. The minimum atomic E-state index is -0.242. The molecule has 0 unspecified atom stereocenters. The highest BCUT2D eigenvalue weighted by Gasteiger charge is 2.07. The van der Waals surface area contributed by atoms with E-state index in [-0.39, 0.29) is 5.91 Å². The Morgan fingerprint density at radius 2 is 2.58 bits per heavy atom. The number of hydrogen-bond donors (Lipinski definition) is 2. The van der Waals surface area contributed by atoms with Gasteiger partial charge >= 0.3 is 0 Å². The van der Waals surface area contributed by atoms with Gasteiger partial charge in [0.25, 0.3) is 5.91 Å². The van der Waals surface area contributed by atoms with E-state index < -0.39 is 0 Å². The summed E-state index contributed by atoms with van der Waals surface area (Å²) in [7, 11) is 1.70. The molecule has 0 spiro atoms. The first-order valence-electron chi connectivity index (χ1n) is 3.58. The van der Waals surface area contributed by atoms with Crippen LogP contribution in [0.4, 0.5) is 0 Å². The zero-order valence-electron chi connectivity index (χ0n) is 6.82. The van der Waals surface area contributed by atoms with Crippen LogP contribution in [0.5, 0.6) is 0 Å². The van der Waals surface area contributed by atoms with Gasteiger partial charge in [-0.15, -0.1) is 5.10 Å². The lowest BCUT2D eigenvalue weighted by Crippen LogP contribution is -2.29. The molecule has 0 atom stereocenters. The van der Waals surface area contributed by atoms with Crippen LogP contribution >= 0.6 is 0 Å². The molecule has 0 aliphatic carbocycles. The smallest absolute Gasteiger partial charge is 0.273 e. The summed E-state index contributed by atoms with van der Waals surface area (Å²) in [5.74, 6) is -0.242. The fourth-order valence-electron chi connectivity index (χ4n) is 0.728. The van der Waals surface area contributed by atoms with E-state index >= 15 is 0 Å². The molecule has 12 heavy (non-hydrogen) atoms. The Bertz CT molecular complexity index is 269. The van der Waals surface area contributed by atoms with Crippen molar-refractivity contribution in [3.8, 4) is 0 Å². The monoisotopic (exact) mass is 169 g/mol. The average Bonchev–Trinajstić information content (AvgIpc) is 2.47. The van der Waals surface area contributed by atoms with E-state index in [0.717, 1.165) is 0 Å². The molecule has 0 radical (unpaired) electrons. The highest BCUT2D eigenvalue weighted by Crippen LogP contribution is 1.89. The molecule has 6 heteroatoms. The van der Waals surface area contributed by atoms with Crippen molar-refractivity contribution in [2.24, 2.45) is 12.8 Å². The molecule has 3 N–H and O–H groups in total. The van der Waals surface area contributed by atoms with Gasteiger partial charge in [0.15, 0.2) is 5.69 Å². The fraction of sp³-hybridized carbons (Fsp3) is 0.500. The number of nitrogens with zero attached hydrogens (tertiary/aromatic N) is 3. The first-order valence-corrected chi connectivity index (χ1v) is 3.58. The first-order chi connectivity index (χ1) is 5.74. The van der Waals surface area contributed by atoms with Crippen LogP contribution in [0, 0.1) is 0 Å². The van der Waals surface area contributed by atoms with E-state index in [1.54, 1.807) is 13.2 Å². The number of carbonyl (C=O) groups excluding carboxylic acids is 1. The van der Waals surface area contributed by atoms with Crippen molar-refractivity contribution in [1.29, 1.82) is 0 Å². The van der Waals surface area contributed by atoms with E-state index in [2.05, 4.69) is 15.6 Å². The number of nitrogens with one attached hydrogen (secondary N) is 1. The third-order valence-electron chi connectivity index (χ3n) is 1.27. The van der Waals surface area contributed by atoms with E-state index in [4.69, 9.17) is 5.73 Å². The number of rotatable bonds is 3. The van der Waals surface area contributed by atoms with E-state index in [9.17, 15) is 4.79 Å². The van der Waals surface area contributed by atoms with Crippen molar-refractivity contribution in [2.75, 3.05) is 13.1 Å². The van der Waals surface area contributed by atoms with Crippen LogP contribution in [0.2, 0.25) is 0 Å². The molecule has 1 aromatic heterocycles. The molecule has 1 rings (SSSR count). The topological polar surface area (TPSA) is 85.8 Å². The third kappa shape index (κ3) is 2.03. The number of nitrogens with two attached hydrogens (primary N) is 1. The van der Waals surface area contributed by atoms with Crippen LogP contribution in [0.1, 0.15) is 10.5 Å². The number of hydrogen-bond acceptors (Lipinski definition) is 4. The summed E-state index contributed by atoms with van der Waals surface area (Å²) in [6.45, 7) is 0.876. The quantitative estimate of drug-likeness (QED) is 0.576. The maximum atomic E-state index is 11.1. The maximum Gasteiger partial charge on any atom is 0.273 e. The Morgan fingerprint density at radius 3 is 3.08 bits per heavy atom. The molecule has 0 bridgehead atoms. The second-order valence-electron chi connectivity index (χ2n) is 2.32. The minimum Gasteiger partial charge on any atom is -0.349 e. The van der Waals surface area contributed by atoms with E-state index in [0.29, 0.717) is 18.8 Å². The second-order valence-corrected chi connectivity index (χ2v) is 2.32. The Balaban J connectivity index is 2.53. The molecule has 0 aliphatic rings. The molecule has 1 aromatic rings. The SMILES string of the molecule is Cn1cc(C(=O)NCCN)nn1. The minimum absolute atomic E-state index is 0.242. The van der Waals surface area contributed by atoms with Crippen molar-refractivity contribution in [3.63, 3.8) is 0 Å². The average molecular weight is 169 g/mol. The molecule has 0 aromatic carbocycles. The Kier molecular flexibility index (Phi) is 2.76.